The first-order valence-electron chi connectivity index (χ1n) is 12.2. The number of aliphatic hydroxyl groups is 1. The number of rotatable bonds is 4. The minimum Gasteiger partial charge on any atom is -0.389 e. The number of hydrogen-bond acceptors (Lipinski definition) is 3. The highest BCUT2D eigenvalue weighted by Crippen LogP contribution is 2.67. The number of carbonyl (C=O) groups is 2. The molecule has 3 heteroatoms. The van der Waals surface area contributed by atoms with Crippen LogP contribution in [0.15, 0.2) is 23.8 Å². The van der Waals surface area contributed by atoms with Gasteiger partial charge in [0.25, 0.3) is 0 Å². The molecule has 0 bridgehead atoms. The highest BCUT2D eigenvalue weighted by molar-refractivity contribution is 5.92. The van der Waals surface area contributed by atoms with Crippen LogP contribution >= 0.6 is 0 Å². The number of allylic oxidation sites excluding steroid dienone is 2. The molecule has 0 radical (unpaired) electrons. The molecule has 0 aromatic heterocycles. The molecule has 3 nitrogen and oxygen atoms in total. The molecule has 0 spiro atoms. The second kappa shape index (κ2) is 7.73. The van der Waals surface area contributed by atoms with E-state index in [0.717, 1.165) is 18.4 Å². The first-order chi connectivity index (χ1) is 14.1. The average Bonchev–Trinajstić information content (AvgIpc) is 3.04. The summed E-state index contributed by atoms with van der Waals surface area (Å²) in [4.78, 5) is 24.1. The topological polar surface area (TPSA) is 54.4 Å². The summed E-state index contributed by atoms with van der Waals surface area (Å²) in [6.45, 7) is 11.0. The van der Waals surface area contributed by atoms with Gasteiger partial charge in [0.05, 0.1) is 6.10 Å². The predicted molar refractivity (Wildman–Crippen MR) is 120 cm³/mol. The average molecular weight is 413 g/mol. The third kappa shape index (κ3) is 3.36. The molecular formula is C27H40O3. The number of aliphatic hydroxyl groups excluding tert-OH is 1. The van der Waals surface area contributed by atoms with E-state index in [1.54, 1.807) is 6.08 Å². The Bertz CT molecular complexity index is 777. The third-order valence-electron chi connectivity index (χ3n) is 9.82. The van der Waals surface area contributed by atoms with Crippen molar-refractivity contribution in [2.45, 2.75) is 85.7 Å². The van der Waals surface area contributed by atoms with Crippen molar-refractivity contribution in [2.75, 3.05) is 0 Å². The first kappa shape index (κ1) is 22.0. The van der Waals surface area contributed by atoms with Crippen molar-refractivity contribution < 1.29 is 14.7 Å². The summed E-state index contributed by atoms with van der Waals surface area (Å²) in [5.74, 6) is 3.27. The van der Waals surface area contributed by atoms with Crippen molar-refractivity contribution in [1.82, 2.24) is 0 Å². The zero-order chi connectivity index (χ0) is 21.8. The Balaban J connectivity index is 1.57. The quantitative estimate of drug-likeness (QED) is 0.618. The number of hydrogen-bond donors (Lipinski definition) is 1. The normalized spacial score (nSPS) is 44.4. The fourth-order valence-electron chi connectivity index (χ4n) is 8.08. The molecule has 8 atom stereocenters. The van der Waals surface area contributed by atoms with Crippen molar-refractivity contribution in [3.63, 3.8) is 0 Å². The van der Waals surface area contributed by atoms with Crippen molar-refractivity contribution >= 4 is 11.6 Å². The maximum absolute atomic E-state index is 12.1. The van der Waals surface area contributed by atoms with Gasteiger partial charge in [-0.3, -0.25) is 9.59 Å². The van der Waals surface area contributed by atoms with Gasteiger partial charge in [-0.15, -0.1) is 0 Å². The zero-order valence-electron chi connectivity index (χ0n) is 19.5. The predicted octanol–water partition coefficient (Wildman–Crippen LogP) is 5.52. The van der Waals surface area contributed by atoms with Crippen LogP contribution in [0.4, 0.5) is 0 Å². The van der Waals surface area contributed by atoms with Gasteiger partial charge in [0.1, 0.15) is 0 Å². The van der Waals surface area contributed by atoms with Crippen molar-refractivity contribution in [3.05, 3.63) is 23.8 Å². The van der Waals surface area contributed by atoms with E-state index in [-0.39, 0.29) is 28.3 Å². The maximum atomic E-state index is 12.1. The molecular weight excluding hydrogens is 372 g/mol. The highest BCUT2D eigenvalue weighted by Gasteiger charge is 2.60. The summed E-state index contributed by atoms with van der Waals surface area (Å²) in [6.07, 6.45) is 12.6. The van der Waals surface area contributed by atoms with Crippen molar-refractivity contribution in [2.24, 2.45) is 46.3 Å². The second-order valence-corrected chi connectivity index (χ2v) is 11.6. The molecule has 3 fully saturated rings. The molecule has 1 N–H and O–H groups in total. The van der Waals surface area contributed by atoms with E-state index in [9.17, 15) is 14.7 Å². The molecule has 4 aliphatic carbocycles. The van der Waals surface area contributed by atoms with Gasteiger partial charge >= 0.3 is 0 Å². The second-order valence-electron chi connectivity index (χ2n) is 11.6. The van der Waals surface area contributed by atoms with Gasteiger partial charge in [0, 0.05) is 12.3 Å². The van der Waals surface area contributed by atoms with E-state index in [4.69, 9.17) is 0 Å². The van der Waals surface area contributed by atoms with Gasteiger partial charge in [-0.1, -0.05) is 40.7 Å². The Morgan fingerprint density at radius 1 is 1.13 bits per heavy atom. The van der Waals surface area contributed by atoms with Crippen LogP contribution in [0.1, 0.15) is 79.6 Å². The summed E-state index contributed by atoms with van der Waals surface area (Å²) in [6, 6.07) is 0. The lowest BCUT2D eigenvalue weighted by Gasteiger charge is -2.59. The van der Waals surface area contributed by atoms with E-state index in [1.165, 1.54) is 25.7 Å². The third-order valence-corrected chi connectivity index (χ3v) is 9.82. The molecule has 0 aliphatic heterocycles. The van der Waals surface area contributed by atoms with E-state index >= 15 is 0 Å². The minimum atomic E-state index is -0.456. The molecule has 0 aromatic carbocycles. The molecule has 166 valence electrons. The standard InChI is InChI=1S/C27H40O3/c1-16(2)24(29)9-6-17(3)20-7-8-21-19-15-25(30)23-14-18(28)10-12-27(23,5)22(19)11-13-26(20,21)4/h6,9,14,16-17,19-22,25,30H,7-8,10-13,15H2,1-5H3/b9-6+/t17-,19+,20-,21+,22+,25-,26-,27-/m1/s1. The summed E-state index contributed by atoms with van der Waals surface area (Å²) in [5, 5.41) is 11.0. The summed E-state index contributed by atoms with van der Waals surface area (Å²) in [7, 11) is 0. The monoisotopic (exact) mass is 412 g/mol. The summed E-state index contributed by atoms with van der Waals surface area (Å²) in [5.41, 5.74) is 1.31. The Morgan fingerprint density at radius 3 is 2.57 bits per heavy atom. The molecule has 3 saturated carbocycles. The van der Waals surface area contributed by atoms with Crippen LogP contribution in [0.3, 0.4) is 0 Å². The van der Waals surface area contributed by atoms with Gasteiger partial charge in [0.2, 0.25) is 0 Å². The molecule has 4 aliphatic rings. The van der Waals surface area contributed by atoms with Crippen molar-refractivity contribution in [3.8, 4) is 0 Å². The first-order valence-corrected chi connectivity index (χ1v) is 12.2. The molecule has 4 rings (SSSR count). The molecule has 0 amide bonds. The number of carbonyl (C=O) groups excluding carboxylic acids is 2. The number of ketones is 2. The lowest BCUT2D eigenvalue weighted by molar-refractivity contribution is -0.119. The lowest BCUT2D eigenvalue weighted by Crippen LogP contribution is -2.54. The van der Waals surface area contributed by atoms with E-state index in [0.29, 0.717) is 36.0 Å². The smallest absolute Gasteiger partial charge is 0.157 e. The van der Waals surface area contributed by atoms with Crippen LogP contribution in [0.5, 0.6) is 0 Å². The van der Waals surface area contributed by atoms with Gasteiger partial charge < -0.3 is 5.11 Å². The molecule has 0 unspecified atom stereocenters. The fraction of sp³-hybridized carbons (Fsp3) is 0.778. The maximum Gasteiger partial charge on any atom is 0.157 e. The van der Waals surface area contributed by atoms with Crippen molar-refractivity contribution in [1.29, 1.82) is 0 Å². The van der Waals surface area contributed by atoms with Crippen LogP contribution in [0.25, 0.3) is 0 Å². The van der Waals surface area contributed by atoms with E-state index in [1.807, 2.05) is 19.9 Å². The largest absolute Gasteiger partial charge is 0.389 e. The Labute approximate surface area is 182 Å². The van der Waals surface area contributed by atoms with Gasteiger partial charge in [-0.05, 0) is 96.7 Å². The van der Waals surface area contributed by atoms with Crippen LogP contribution in [0, 0.1) is 46.3 Å². The molecule has 0 heterocycles. The zero-order valence-corrected chi connectivity index (χ0v) is 19.5. The Hall–Kier alpha value is -1.22. The summed E-state index contributed by atoms with van der Waals surface area (Å²) < 4.78 is 0. The van der Waals surface area contributed by atoms with Gasteiger partial charge in [-0.2, -0.15) is 0 Å². The van der Waals surface area contributed by atoms with Crippen LogP contribution in [-0.4, -0.2) is 22.8 Å². The van der Waals surface area contributed by atoms with E-state index < -0.39 is 6.10 Å². The molecule has 0 saturated heterocycles. The Morgan fingerprint density at radius 2 is 1.87 bits per heavy atom. The van der Waals surface area contributed by atoms with Gasteiger partial charge in [-0.25, -0.2) is 0 Å². The van der Waals surface area contributed by atoms with Gasteiger partial charge in [0.15, 0.2) is 11.6 Å². The molecule has 0 aromatic rings. The van der Waals surface area contributed by atoms with Crippen LogP contribution in [-0.2, 0) is 9.59 Å². The number of fused-ring (bicyclic) bond motifs is 5. The fourth-order valence-corrected chi connectivity index (χ4v) is 8.08. The van der Waals surface area contributed by atoms with E-state index in [2.05, 4.69) is 26.8 Å². The Kier molecular flexibility index (Phi) is 5.66. The SMILES string of the molecule is CC(C)C(=O)/C=C/[C@@H](C)[C@H]1CC[C@H]2[C@@H]3C[C@@H](O)C4=CC(=O)CC[C@]4(C)[C@H]3CC[C@]12C. The van der Waals surface area contributed by atoms with Crippen LogP contribution in [0.2, 0.25) is 0 Å². The lowest BCUT2D eigenvalue weighted by atomic mass is 9.46. The molecule has 30 heavy (non-hydrogen) atoms. The highest BCUT2D eigenvalue weighted by atomic mass is 16.3. The summed E-state index contributed by atoms with van der Waals surface area (Å²) >= 11 is 0. The van der Waals surface area contributed by atoms with Crippen LogP contribution < -0.4 is 0 Å². The minimum absolute atomic E-state index is 0.00907.